The van der Waals surface area contributed by atoms with Gasteiger partial charge in [-0.2, -0.15) is 0 Å². The van der Waals surface area contributed by atoms with Gasteiger partial charge in [0.05, 0.1) is 0 Å². The standard InChI is InChI=1S/C55H44O/c1-33-28-38(24-25-39(33)29-35(3)52-42-19-10-12-21-44(42)53(37-16-8-7-9-17-37)45-22-13-11-20-43(45)52)34(2)30-47-36(4)55(5,6)50-32-48-40(31-49(47)50)26-27-46-41-18-14-15-23-51(41)56-54(46)48/h7-23,26-32H,2,4,24-25H2,1,3,5-6H3/b35-29+,47-30+. The summed E-state index contributed by atoms with van der Waals surface area (Å²) in [6, 6.07) is 46.0. The minimum absolute atomic E-state index is 0.219. The van der Waals surface area contributed by atoms with E-state index < -0.39 is 0 Å². The number of furan rings is 1. The highest BCUT2D eigenvalue weighted by Crippen LogP contribution is 2.52. The first-order valence-corrected chi connectivity index (χ1v) is 19.8. The van der Waals surface area contributed by atoms with E-state index in [9.17, 15) is 0 Å². The van der Waals surface area contributed by atoms with Gasteiger partial charge in [0.25, 0.3) is 0 Å². The van der Waals surface area contributed by atoms with Crippen molar-refractivity contribution < 1.29 is 4.42 Å². The molecule has 7 aromatic carbocycles. The summed E-state index contributed by atoms with van der Waals surface area (Å²) in [4.78, 5) is 0. The SMILES string of the molecule is C=C(/C=C1\C(=C)C(C)(C)c2cc3c(ccc4c5ccccc5oc34)cc21)C1=CC(C)=C(/C=C(\C)c2c3ccccc3c(-c3ccccc3)c3ccccc23)CC1. The zero-order valence-corrected chi connectivity index (χ0v) is 32.6. The molecule has 2 aliphatic carbocycles. The Morgan fingerprint density at radius 1 is 0.696 bits per heavy atom. The smallest absolute Gasteiger partial charge is 0.143 e. The third-order valence-corrected chi connectivity index (χ3v) is 12.6. The quantitative estimate of drug-likeness (QED) is 0.161. The van der Waals surface area contributed by atoms with E-state index in [-0.39, 0.29) is 5.41 Å². The van der Waals surface area contributed by atoms with Crippen molar-refractivity contribution in [2.45, 2.75) is 46.0 Å². The Kier molecular flexibility index (Phi) is 7.80. The van der Waals surface area contributed by atoms with E-state index >= 15 is 0 Å². The second kappa shape index (κ2) is 12.8. The molecule has 56 heavy (non-hydrogen) atoms. The topological polar surface area (TPSA) is 13.1 Å². The van der Waals surface area contributed by atoms with Crippen molar-refractivity contribution in [3.8, 4) is 11.1 Å². The summed E-state index contributed by atoms with van der Waals surface area (Å²) in [6.45, 7) is 18.4. The summed E-state index contributed by atoms with van der Waals surface area (Å²) in [5.41, 5.74) is 16.7. The fourth-order valence-corrected chi connectivity index (χ4v) is 9.52. The number of fused-ring (bicyclic) bond motifs is 8. The fourth-order valence-electron chi connectivity index (χ4n) is 9.52. The van der Waals surface area contributed by atoms with Crippen molar-refractivity contribution in [2.24, 2.45) is 0 Å². The molecular weight excluding hydrogens is 677 g/mol. The summed E-state index contributed by atoms with van der Waals surface area (Å²) < 4.78 is 6.45. The lowest BCUT2D eigenvalue weighted by molar-refractivity contribution is 0.662. The predicted octanol–water partition coefficient (Wildman–Crippen LogP) is 15.6. The van der Waals surface area contributed by atoms with Gasteiger partial charge in [-0.05, 0) is 151 Å². The molecule has 2 aliphatic rings. The number of allylic oxidation sites excluding steroid dienone is 10. The van der Waals surface area contributed by atoms with Gasteiger partial charge < -0.3 is 4.42 Å². The average molecular weight is 721 g/mol. The van der Waals surface area contributed by atoms with E-state index in [0.717, 1.165) is 51.3 Å². The van der Waals surface area contributed by atoms with Crippen molar-refractivity contribution in [1.82, 2.24) is 0 Å². The van der Waals surface area contributed by atoms with Crippen LogP contribution in [0, 0.1) is 0 Å². The third kappa shape index (κ3) is 5.22. The van der Waals surface area contributed by atoms with E-state index in [0.29, 0.717) is 0 Å². The van der Waals surface area contributed by atoms with Crippen molar-refractivity contribution in [1.29, 1.82) is 0 Å². The summed E-state index contributed by atoms with van der Waals surface area (Å²) in [5, 5.41) is 9.80. The molecule has 8 aromatic rings. The predicted molar refractivity (Wildman–Crippen MR) is 241 cm³/mol. The van der Waals surface area contributed by atoms with Crippen LogP contribution >= 0.6 is 0 Å². The monoisotopic (exact) mass is 720 g/mol. The normalized spacial score (nSPS) is 16.5. The number of hydrogen-bond donors (Lipinski definition) is 0. The van der Waals surface area contributed by atoms with E-state index in [1.807, 2.05) is 6.07 Å². The largest absolute Gasteiger partial charge is 0.455 e. The Labute approximate surface area is 329 Å². The molecule has 0 N–H and O–H groups in total. The summed E-state index contributed by atoms with van der Waals surface area (Å²) in [7, 11) is 0. The van der Waals surface area contributed by atoms with Gasteiger partial charge in [0.15, 0.2) is 0 Å². The van der Waals surface area contributed by atoms with Gasteiger partial charge in [-0.3, -0.25) is 0 Å². The Hall–Kier alpha value is -6.44. The number of rotatable bonds is 5. The summed E-state index contributed by atoms with van der Waals surface area (Å²) in [5.74, 6) is 0. The first-order valence-electron chi connectivity index (χ1n) is 19.8. The Bertz CT molecular complexity index is 3070. The summed E-state index contributed by atoms with van der Waals surface area (Å²) in [6.07, 6.45) is 8.99. The molecule has 1 aromatic heterocycles. The molecule has 0 fully saturated rings. The minimum atomic E-state index is -0.219. The molecule has 1 heteroatoms. The lowest BCUT2D eigenvalue weighted by atomic mass is 9.82. The van der Waals surface area contributed by atoms with Crippen LogP contribution in [0.2, 0.25) is 0 Å². The Morgan fingerprint density at radius 2 is 1.34 bits per heavy atom. The van der Waals surface area contributed by atoms with Crippen LogP contribution in [-0.4, -0.2) is 0 Å². The van der Waals surface area contributed by atoms with Gasteiger partial charge in [0.1, 0.15) is 11.2 Å². The lowest BCUT2D eigenvalue weighted by Crippen LogP contribution is -2.14. The zero-order chi connectivity index (χ0) is 38.3. The highest BCUT2D eigenvalue weighted by molar-refractivity contribution is 6.19. The van der Waals surface area contributed by atoms with Crippen LogP contribution in [-0.2, 0) is 5.41 Å². The van der Waals surface area contributed by atoms with E-state index in [2.05, 4.69) is 180 Å². The molecule has 0 saturated heterocycles. The molecule has 0 spiro atoms. The third-order valence-electron chi connectivity index (χ3n) is 12.6. The van der Waals surface area contributed by atoms with Crippen LogP contribution in [0.1, 0.15) is 57.2 Å². The van der Waals surface area contributed by atoms with Crippen LogP contribution in [0.15, 0.2) is 191 Å². The molecule has 0 radical (unpaired) electrons. The average Bonchev–Trinajstić information content (AvgIpc) is 3.68. The van der Waals surface area contributed by atoms with Crippen molar-refractivity contribution in [3.63, 3.8) is 0 Å². The van der Waals surface area contributed by atoms with E-state index in [1.54, 1.807) is 0 Å². The van der Waals surface area contributed by atoms with Crippen LogP contribution in [0.3, 0.4) is 0 Å². The lowest BCUT2D eigenvalue weighted by Gasteiger charge is -2.21. The van der Waals surface area contributed by atoms with Gasteiger partial charge in [-0.25, -0.2) is 0 Å². The maximum Gasteiger partial charge on any atom is 0.143 e. The molecule has 0 amide bonds. The molecule has 0 saturated carbocycles. The molecule has 1 heterocycles. The second-order valence-corrected chi connectivity index (χ2v) is 16.3. The van der Waals surface area contributed by atoms with Gasteiger partial charge in [0.2, 0.25) is 0 Å². The highest BCUT2D eigenvalue weighted by atomic mass is 16.3. The van der Waals surface area contributed by atoms with E-state index in [1.165, 1.54) is 82.6 Å². The van der Waals surface area contributed by atoms with Gasteiger partial charge >= 0.3 is 0 Å². The first-order chi connectivity index (χ1) is 27.2. The van der Waals surface area contributed by atoms with Crippen LogP contribution in [0.5, 0.6) is 0 Å². The number of para-hydroxylation sites is 1. The molecular formula is C55H44O. The van der Waals surface area contributed by atoms with Crippen LogP contribution < -0.4 is 0 Å². The Balaban J connectivity index is 1.02. The first kappa shape index (κ1) is 34.1. The number of hydrogen-bond acceptors (Lipinski definition) is 1. The molecule has 10 rings (SSSR count). The molecule has 0 atom stereocenters. The van der Waals surface area contributed by atoms with Crippen LogP contribution in [0.4, 0.5) is 0 Å². The molecule has 0 bridgehead atoms. The van der Waals surface area contributed by atoms with Crippen molar-refractivity contribution in [3.05, 3.63) is 203 Å². The van der Waals surface area contributed by atoms with Crippen molar-refractivity contribution >= 4 is 65.4 Å². The molecule has 0 aliphatic heterocycles. The fraction of sp³-hybridized carbons (Fsp3) is 0.127. The maximum absolute atomic E-state index is 6.45. The maximum atomic E-state index is 6.45. The molecule has 0 unspecified atom stereocenters. The molecule has 1 nitrogen and oxygen atoms in total. The van der Waals surface area contributed by atoms with Crippen molar-refractivity contribution in [2.75, 3.05) is 0 Å². The highest BCUT2D eigenvalue weighted by Gasteiger charge is 2.37. The Morgan fingerprint density at radius 3 is 2.04 bits per heavy atom. The van der Waals surface area contributed by atoms with Crippen LogP contribution in [0.25, 0.3) is 76.5 Å². The van der Waals surface area contributed by atoms with E-state index in [4.69, 9.17) is 4.42 Å². The molecule has 270 valence electrons. The zero-order valence-electron chi connectivity index (χ0n) is 32.6. The second-order valence-electron chi connectivity index (χ2n) is 16.3. The van der Waals surface area contributed by atoms with Gasteiger partial charge in [0, 0.05) is 21.6 Å². The summed E-state index contributed by atoms with van der Waals surface area (Å²) >= 11 is 0. The van der Waals surface area contributed by atoms with Gasteiger partial charge in [-0.1, -0.05) is 142 Å². The minimum Gasteiger partial charge on any atom is -0.455 e. The van der Waals surface area contributed by atoms with Gasteiger partial charge in [-0.15, -0.1) is 0 Å². The number of benzene rings is 7.